The van der Waals surface area contributed by atoms with E-state index in [1.165, 1.54) is 0 Å². The number of amides is 1. The van der Waals surface area contributed by atoms with Crippen LogP contribution in [0.5, 0.6) is 5.75 Å². The van der Waals surface area contributed by atoms with Crippen LogP contribution in [0, 0.1) is 0 Å². The number of rotatable bonds is 4. The molecule has 1 amide bonds. The van der Waals surface area contributed by atoms with Crippen molar-refractivity contribution in [1.82, 2.24) is 0 Å². The molecular weight excluding hydrogens is 333 g/mol. The first-order chi connectivity index (χ1) is 10.0. The number of hydrogen-bond donors (Lipinski definition) is 1. The Morgan fingerprint density at radius 2 is 1.76 bits per heavy atom. The average molecular weight is 345 g/mol. The van der Waals surface area contributed by atoms with Crippen molar-refractivity contribution in [2.75, 3.05) is 11.9 Å². The molecule has 6 heteroatoms. The van der Waals surface area contributed by atoms with Gasteiger partial charge in [0, 0.05) is 10.0 Å². The van der Waals surface area contributed by atoms with E-state index in [4.69, 9.17) is 39.5 Å². The molecule has 2 aromatic carbocycles. The Morgan fingerprint density at radius 3 is 2.43 bits per heavy atom. The van der Waals surface area contributed by atoms with Gasteiger partial charge in [0.25, 0.3) is 5.91 Å². The second-order valence-corrected chi connectivity index (χ2v) is 5.43. The summed E-state index contributed by atoms with van der Waals surface area (Å²) in [6.45, 7) is 2.29. The molecular formula is C15H12Cl3NO2. The normalized spacial score (nSPS) is 10.3. The molecule has 0 atom stereocenters. The second-order valence-electron chi connectivity index (χ2n) is 4.15. The highest BCUT2D eigenvalue weighted by atomic mass is 35.5. The molecule has 110 valence electrons. The first-order valence-electron chi connectivity index (χ1n) is 6.20. The number of benzene rings is 2. The minimum absolute atomic E-state index is 0.343. The Labute approximate surface area is 137 Å². The van der Waals surface area contributed by atoms with Crippen molar-refractivity contribution in [1.29, 1.82) is 0 Å². The Hall–Kier alpha value is -1.42. The first kappa shape index (κ1) is 16.0. The van der Waals surface area contributed by atoms with Crippen LogP contribution in [-0.2, 0) is 0 Å². The number of ether oxygens (including phenoxy) is 1. The summed E-state index contributed by atoms with van der Waals surface area (Å²) in [5.41, 5.74) is 0.809. The number of halogens is 3. The van der Waals surface area contributed by atoms with E-state index in [0.717, 1.165) is 0 Å². The van der Waals surface area contributed by atoms with Gasteiger partial charge in [0.05, 0.1) is 22.9 Å². The summed E-state index contributed by atoms with van der Waals surface area (Å²) in [7, 11) is 0. The van der Waals surface area contributed by atoms with Crippen LogP contribution < -0.4 is 10.1 Å². The van der Waals surface area contributed by atoms with Crippen LogP contribution in [0.2, 0.25) is 15.1 Å². The molecule has 0 aromatic heterocycles. The Kier molecular flexibility index (Phi) is 5.34. The lowest BCUT2D eigenvalue weighted by atomic mass is 10.2. The molecule has 2 aromatic rings. The fourth-order valence-corrected chi connectivity index (χ4v) is 2.37. The zero-order valence-electron chi connectivity index (χ0n) is 11.1. The predicted octanol–water partition coefficient (Wildman–Crippen LogP) is 5.30. The molecule has 0 spiro atoms. The minimum Gasteiger partial charge on any atom is -0.493 e. The number of carbonyl (C=O) groups is 1. The monoisotopic (exact) mass is 343 g/mol. The molecule has 21 heavy (non-hydrogen) atoms. The third kappa shape index (κ3) is 4.03. The maximum atomic E-state index is 12.4. The summed E-state index contributed by atoms with van der Waals surface area (Å²) in [4.78, 5) is 12.4. The van der Waals surface area contributed by atoms with Gasteiger partial charge in [0.15, 0.2) is 0 Å². The molecule has 0 bridgehead atoms. The summed E-state index contributed by atoms with van der Waals surface area (Å²) in [5.74, 6) is 0.106. The van der Waals surface area contributed by atoms with Gasteiger partial charge in [-0.2, -0.15) is 0 Å². The van der Waals surface area contributed by atoms with Crippen molar-refractivity contribution in [3.8, 4) is 5.75 Å². The molecule has 0 fully saturated rings. The summed E-state index contributed by atoms with van der Waals surface area (Å²) in [6, 6.07) is 9.70. The smallest absolute Gasteiger partial charge is 0.259 e. The van der Waals surface area contributed by atoms with Gasteiger partial charge in [-0.15, -0.1) is 0 Å². The highest BCUT2D eigenvalue weighted by Crippen LogP contribution is 2.28. The number of hydrogen-bond acceptors (Lipinski definition) is 2. The minimum atomic E-state index is -0.356. The van der Waals surface area contributed by atoms with E-state index in [9.17, 15) is 4.79 Å². The highest BCUT2D eigenvalue weighted by molar-refractivity contribution is 6.37. The van der Waals surface area contributed by atoms with Crippen molar-refractivity contribution < 1.29 is 9.53 Å². The van der Waals surface area contributed by atoms with Gasteiger partial charge in [0.1, 0.15) is 5.75 Å². The molecule has 1 N–H and O–H groups in total. The van der Waals surface area contributed by atoms with Crippen LogP contribution in [0.3, 0.4) is 0 Å². The van der Waals surface area contributed by atoms with Crippen LogP contribution >= 0.6 is 34.8 Å². The van der Waals surface area contributed by atoms with E-state index in [1.54, 1.807) is 36.4 Å². The zero-order chi connectivity index (χ0) is 15.4. The maximum absolute atomic E-state index is 12.4. The molecule has 0 aliphatic heterocycles. The lowest BCUT2D eigenvalue weighted by Gasteiger charge is -2.12. The average Bonchev–Trinajstić information content (AvgIpc) is 2.44. The maximum Gasteiger partial charge on any atom is 0.259 e. The predicted molar refractivity (Wildman–Crippen MR) is 87.0 cm³/mol. The van der Waals surface area contributed by atoms with Gasteiger partial charge in [0.2, 0.25) is 0 Å². The molecule has 0 radical (unpaired) electrons. The highest BCUT2D eigenvalue weighted by Gasteiger charge is 2.15. The zero-order valence-corrected chi connectivity index (χ0v) is 13.4. The third-order valence-corrected chi connectivity index (χ3v) is 3.45. The van der Waals surface area contributed by atoms with Gasteiger partial charge in [-0.1, -0.05) is 34.8 Å². The molecule has 0 saturated heterocycles. The van der Waals surface area contributed by atoms with E-state index < -0.39 is 0 Å². The van der Waals surface area contributed by atoms with Gasteiger partial charge >= 0.3 is 0 Å². The van der Waals surface area contributed by atoms with Crippen LogP contribution in [0.1, 0.15) is 17.3 Å². The molecule has 2 rings (SSSR count). The van der Waals surface area contributed by atoms with E-state index in [2.05, 4.69) is 5.32 Å². The van der Waals surface area contributed by atoms with E-state index >= 15 is 0 Å². The number of nitrogens with one attached hydrogen (secondary N) is 1. The molecule has 0 unspecified atom stereocenters. The van der Waals surface area contributed by atoms with E-state index in [0.29, 0.717) is 38.7 Å². The van der Waals surface area contributed by atoms with E-state index in [1.807, 2.05) is 6.92 Å². The van der Waals surface area contributed by atoms with Gasteiger partial charge in [-0.25, -0.2) is 0 Å². The summed E-state index contributed by atoms with van der Waals surface area (Å²) in [6.07, 6.45) is 0. The fraction of sp³-hybridized carbons (Fsp3) is 0.133. The summed E-state index contributed by atoms with van der Waals surface area (Å²) < 4.78 is 5.43. The molecule has 0 aliphatic carbocycles. The third-order valence-electron chi connectivity index (χ3n) is 2.67. The van der Waals surface area contributed by atoms with Gasteiger partial charge in [-0.05, 0) is 43.3 Å². The standard InChI is InChI=1S/C15H12Cl3NO2/c1-2-21-14-6-4-9(16)7-11(14)15(20)19-13-5-3-10(17)8-12(13)18/h3-8H,2H2,1H3,(H,19,20). The van der Waals surface area contributed by atoms with Crippen molar-refractivity contribution in [2.24, 2.45) is 0 Å². The second kappa shape index (κ2) is 7.03. The largest absolute Gasteiger partial charge is 0.493 e. The summed E-state index contributed by atoms with van der Waals surface area (Å²) >= 11 is 17.8. The fourth-order valence-electron chi connectivity index (χ4n) is 1.74. The number of carbonyl (C=O) groups excluding carboxylic acids is 1. The van der Waals surface area contributed by atoms with Crippen LogP contribution in [0.25, 0.3) is 0 Å². The lowest BCUT2D eigenvalue weighted by Crippen LogP contribution is -2.14. The lowest BCUT2D eigenvalue weighted by molar-refractivity contribution is 0.102. The molecule has 3 nitrogen and oxygen atoms in total. The Morgan fingerprint density at radius 1 is 1.10 bits per heavy atom. The van der Waals surface area contributed by atoms with Crippen molar-refractivity contribution in [3.05, 3.63) is 57.0 Å². The van der Waals surface area contributed by atoms with E-state index in [-0.39, 0.29) is 5.91 Å². The molecule has 0 aliphatic rings. The SMILES string of the molecule is CCOc1ccc(Cl)cc1C(=O)Nc1ccc(Cl)cc1Cl. The Balaban J connectivity index is 2.29. The van der Waals surface area contributed by atoms with Crippen molar-refractivity contribution in [2.45, 2.75) is 6.92 Å². The van der Waals surface area contributed by atoms with Crippen LogP contribution in [0.15, 0.2) is 36.4 Å². The van der Waals surface area contributed by atoms with Crippen molar-refractivity contribution >= 4 is 46.4 Å². The Bertz CT molecular complexity index is 674. The topological polar surface area (TPSA) is 38.3 Å². The van der Waals surface area contributed by atoms with Gasteiger partial charge in [-0.3, -0.25) is 4.79 Å². The van der Waals surface area contributed by atoms with Crippen molar-refractivity contribution in [3.63, 3.8) is 0 Å². The number of anilines is 1. The van der Waals surface area contributed by atoms with Crippen LogP contribution in [0.4, 0.5) is 5.69 Å². The first-order valence-corrected chi connectivity index (χ1v) is 7.33. The molecule has 0 heterocycles. The van der Waals surface area contributed by atoms with Gasteiger partial charge < -0.3 is 10.1 Å². The van der Waals surface area contributed by atoms with Crippen LogP contribution in [-0.4, -0.2) is 12.5 Å². The summed E-state index contributed by atoms with van der Waals surface area (Å²) in [5, 5.41) is 4.01. The quantitative estimate of drug-likeness (QED) is 0.817. The molecule has 0 saturated carbocycles.